The Morgan fingerprint density at radius 1 is 1.13 bits per heavy atom. The molecule has 0 saturated heterocycles. The van der Waals surface area contributed by atoms with Gasteiger partial charge in [-0.2, -0.15) is 0 Å². The number of esters is 1. The summed E-state index contributed by atoms with van der Waals surface area (Å²) >= 11 is 0. The molecule has 0 radical (unpaired) electrons. The maximum atomic E-state index is 12.7. The Labute approximate surface area is 174 Å². The van der Waals surface area contributed by atoms with E-state index in [0.717, 1.165) is 11.1 Å². The molecule has 7 heteroatoms. The van der Waals surface area contributed by atoms with Crippen molar-refractivity contribution in [3.05, 3.63) is 81.4 Å². The van der Waals surface area contributed by atoms with E-state index in [4.69, 9.17) is 4.74 Å². The summed E-state index contributed by atoms with van der Waals surface area (Å²) in [6.07, 6.45) is 1.70. The Morgan fingerprint density at radius 2 is 1.87 bits per heavy atom. The monoisotopic (exact) mass is 407 g/mol. The Hall–Kier alpha value is -3.48. The van der Waals surface area contributed by atoms with Crippen molar-refractivity contribution in [1.29, 1.82) is 0 Å². The van der Waals surface area contributed by atoms with Gasteiger partial charge in [-0.1, -0.05) is 38.1 Å². The van der Waals surface area contributed by atoms with Crippen LogP contribution in [-0.2, 0) is 16.1 Å². The van der Waals surface area contributed by atoms with Gasteiger partial charge in [0.05, 0.1) is 5.69 Å². The van der Waals surface area contributed by atoms with Crippen molar-refractivity contribution in [2.75, 3.05) is 0 Å². The zero-order valence-electron chi connectivity index (χ0n) is 17.5. The molecule has 30 heavy (non-hydrogen) atoms. The van der Waals surface area contributed by atoms with Crippen molar-refractivity contribution in [2.45, 2.75) is 40.3 Å². The minimum atomic E-state index is -0.818. The van der Waals surface area contributed by atoms with Crippen LogP contribution in [-0.4, -0.2) is 27.3 Å². The van der Waals surface area contributed by atoms with E-state index in [2.05, 4.69) is 10.3 Å². The van der Waals surface area contributed by atoms with E-state index in [1.165, 1.54) is 10.5 Å². The molecule has 0 aliphatic rings. The second-order valence-corrected chi connectivity index (χ2v) is 7.64. The average molecular weight is 407 g/mol. The molecule has 2 heterocycles. The van der Waals surface area contributed by atoms with Crippen molar-refractivity contribution in [3.8, 4) is 0 Å². The lowest BCUT2D eigenvalue weighted by atomic mass is 10.0. The fourth-order valence-electron chi connectivity index (χ4n) is 3.11. The number of fused-ring (bicyclic) bond motifs is 1. The number of nitrogens with one attached hydrogen (secondary N) is 1. The van der Waals surface area contributed by atoms with Crippen molar-refractivity contribution >= 4 is 17.5 Å². The van der Waals surface area contributed by atoms with Crippen molar-refractivity contribution < 1.29 is 14.3 Å². The van der Waals surface area contributed by atoms with E-state index < -0.39 is 12.0 Å². The molecule has 3 aromatic rings. The Bertz CT molecular complexity index is 1150. The second-order valence-electron chi connectivity index (χ2n) is 7.64. The molecule has 0 fully saturated rings. The van der Waals surface area contributed by atoms with Crippen LogP contribution in [0.15, 0.2) is 53.5 Å². The number of aryl methyl sites for hydroxylation is 2. The molecule has 3 rings (SSSR count). The van der Waals surface area contributed by atoms with E-state index in [1.807, 2.05) is 45.9 Å². The molecule has 7 nitrogen and oxygen atoms in total. The first kappa shape index (κ1) is 21.2. The topological polar surface area (TPSA) is 89.8 Å². The van der Waals surface area contributed by atoms with Crippen LogP contribution in [0.1, 0.15) is 41.0 Å². The highest BCUT2D eigenvalue weighted by Gasteiger charge is 2.26. The smallest absolute Gasteiger partial charge is 0.329 e. The highest BCUT2D eigenvalue weighted by molar-refractivity contribution is 5.98. The van der Waals surface area contributed by atoms with E-state index in [0.29, 0.717) is 16.9 Å². The van der Waals surface area contributed by atoms with E-state index in [9.17, 15) is 14.4 Å². The molecule has 0 saturated carbocycles. The zero-order chi connectivity index (χ0) is 21.8. The number of benzene rings is 1. The third-order valence-electron chi connectivity index (χ3n) is 4.82. The number of amides is 1. The van der Waals surface area contributed by atoms with Gasteiger partial charge >= 0.3 is 5.97 Å². The van der Waals surface area contributed by atoms with Crippen LogP contribution in [0.5, 0.6) is 0 Å². The lowest BCUT2D eigenvalue weighted by Crippen LogP contribution is -2.45. The first-order valence-corrected chi connectivity index (χ1v) is 9.78. The van der Waals surface area contributed by atoms with Gasteiger partial charge in [0.15, 0.2) is 0 Å². The summed E-state index contributed by atoms with van der Waals surface area (Å²) in [4.78, 5) is 41.9. The number of carbonyl (C=O) groups excluding carboxylic acids is 2. The number of nitrogens with zero attached hydrogens (tertiary/aromatic N) is 2. The Morgan fingerprint density at radius 3 is 2.57 bits per heavy atom. The van der Waals surface area contributed by atoms with Crippen molar-refractivity contribution in [3.63, 3.8) is 0 Å². The lowest BCUT2D eigenvalue weighted by Gasteiger charge is -2.21. The molecule has 0 spiro atoms. The van der Waals surface area contributed by atoms with Crippen LogP contribution >= 0.6 is 0 Å². The summed E-state index contributed by atoms with van der Waals surface area (Å²) in [7, 11) is 0. The van der Waals surface area contributed by atoms with Crippen LogP contribution in [0.3, 0.4) is 0 Å². The quantitative estimate of drug-likeness (QED) is 0.635. The molecule has 156 valence electrons. The van der Waals surface area contributed by atoms with Gasteiger partial charge in [-0.05, 0) is 43.0 Å². The molecule has 1 aromatic carbocycles. The van der Waals surface area contributed by atoms with Crippen LogP contribution < -0.4 is 10.9 Å². The molecule has 0 unspecified atom stereocenters. The van der Waals surface area contributed by atoms with Gasteiger partial charge < -0.3 is 10.1 Å². The number of ether oxygens (including phenoxy) is 1. The molecule has 2 aromatic heterocycles. The number of pyridine rings is 1. The molecule has 0 aliphatic carbocycles. The van der Waals surface area contributed by atoms with Gasteiger partial charge in [0.1, 0.15) is 18.3 Å². The molecule has 1 N–H and O–H groups in total. The Balaban J connectivity index is 1.72. The van der Waals surface area contributed by atoms with E-state index in [-0.39, 0.29) is 24.0 Å². The normalized spacial score (nSPS) is 12.0. The fraction of sp³-hybridized carbons (Fsp3) is 0.304. The predicted octanol–water partition coefficient (Wildman–Crippen LogP) is 2.81. The molecule has 1 atom stereocenters. The summed E-state index contributed by atoms with van der Waals surface area (Å²) in [5, 5.41) is 2.76. The van der Waals surface area contributed by atoms with Crippen molar-refractivity contribution in [2.24, 2.45) is 5.92 Å². The molecular formula is C23H25N3O4. The molecular weight excluding hydrogens is 382 g/mol. The Kier molecular flexibility index (Phi) is 6.30. The van der Waals surface area contributed by atoms with Gasteiger partial charge in [-0.15, -0.1) is 0 Å². The molecule has 0 bridgehead atoms. The maximum Gasteiger partial charge on any atom is 0.329 e. The average Bonchev–Trinajstić information content (AvgIpc) is 2.70. The SMILES string of the molecule is Cc1ccc2nc(COC(=O)[C@@H](NC(=O)c3ccccc3C)C(C)C)cc(=O)n2c1. The minimum Gasteiger partial charge on any atom is -0.458 e. The van der Waals surface area contributed by atoms with Gasteiger partial charge in [-0.25, -0.2) is 9.78 Å². The van der Waals surface area contributed by atoms with E-state index >= 15 is 0 Å². The number of aromatic nitrogens is 2. The van der Waals surface area contributed by atoms with Crippen LogP contribution in [0.2, 0.25) is 0 Å². The highest BCUT2D eigenvalue weighted by atomic mass is 16.5. The second kappa shape index (κ2) is 8.90. The number of hydrogen-bond acceptors (Lipinski definition) is 5. The van der Waals surface area contributed by atoms with Gasteiger partial charge in [-0.3, -0.25) is 14.0 Å². The van der Waals surface area contributed by atoms with E-state index in [1.54, 1.807) is 24.4 Å². The fourth-order valence-corrected chi connectivity index (χ4v) is 3.11. The summed E-state index contributed by atoms with van der Waals surface area (Å²) in [5.41, 5.74) is 2.85. The standard InChI is InChI=1S/C23H25N3O4/c1-14(2)21(25-22(28)18-8-6-5-7-16(18)4)23(29)30-13-17-11-20(27)26-12-15(3)9-10-19(26)24-17/h5-12,14,21H,13H2,1-4H3,(H,25,28)/t21-/m0/s1. The third-order valence-corrected chi connectivity index (χ3v) is 4.82. The van der Waals surface area contributed by atoms with Crippen LogP contribution in [0.25, 0.3) is 5.65 Å². The van der Waals surface area contributed by atoms with Crippen molar-refractivity contribution in [1.82, 2.24) is 14.7 Å². The maximum absolute atomic E-state index is 12.7. The lowest BCUT2D eigenvalue weighted by molar-refractivity contribution is -0.148. The first-order chi connectivity index (χ1) is 14.3. The summed E-state index contributed by atoms with van der Waals surface area (Å²) in [6.45, 7) is 7.23. The number of rotatable bonds is 6. The number of carbonyl (C=O) groups is 2. The molecule has 0 aliphatic heterocycles. The van der Waals surface area contributed by atoms with Gasteiger partial charge in [0.2, 0.25) is 0 Å². The van der Waals surface area contributed by atoms with Crippen LogP contribution in [0, 0.1) is 19.8 Å². The highest BCUT2D eigenvalue weighted by Crippen LogP contribution is 2.11. The summed E-state index contributed by atoms with van der Waals surface area (Å²) in [6, 6.07) is 11.3. The zero-order valence-corrected chi connectivity index (χ0v) is 17.5. The largest absolute Gasteiger partial charge is 0.458 e. The first-order valence-electron chi connectivity index (χ1n) is 9.78. The number of hydrogen-bond donors (Lipinski definition) is 1. The minimum absolute atomic E-state index is 0.151. The molecule has 1 amide bonds. The summed E-state index contributed by atoms with van der Waals surface area (Å²) < 4.78 is 6.83. The van der Waals surface area contributed by atoms with Crippen LogP contribution in [0.4, 0.5) is 0 Å². The van der Waals surface area contributed by atoms with Gasteiger partial charge in [0, 0.05) is 17.8 Å². The third kappa shape index (κ3) is 4.74. The predicted molar refractivity (Wildman–Crippen MR) is 113 cm³/mol. The van der Waals surface area contributed by atoms with Gasteiger partial charge in [0.25, 0.3) is 11.5 Å². The summed E-state index contributed by atoms with van der Waals surface area (Å²) in [5.74, 6) is -1.08.